The molecule has 0 aliphatic heterocycles. The summed E-state index contributed by atoms with van der Waals surface area (Å²) in [4.78, 5) is 12.8. The Morgan fingerprint density at radius 2 is 2.18 bits per heavy atom. The molecule has 6 nitrogen and oxygen atoms in total. The summed E-state index contributed by atoms with van der Waals surface area (Å²) < 4.78 is 25.0. The van der Waals surface area contributed by atoms with Crippen molar-refractivity contribution in [2.24, 2.45) is 0 Å². The van der Waals surface area contributed by atoms with E-state index in [1.54, 1.807) is 12.1 Å². The Balaban J connectivity index is 3.50. The zero-order valence-corrected chi connectivity index (χ0v) is 8.22. The van der Waals surface area contributed by atoms with E-state index in [0.717, 1.165) is 0 Å². The third kappa shape index (κ3) is 2.49. The van der Waals surface area contributed by atoms with Gasteiger partial charge >= 0.3 is 0 Å². The summed E-state index contributed by atoms with van der Waals surface area (Å²) in [6.45, 7) is 0. The molecule has 0 N–H and O–H groups in total. The Hall–Kier alpha value is -2.61. The zero-order chi connectivity index (χ0) is 13.0. The number of nitrogens with zero attached hydrogens (tertiary/aromatic N) is 4. The second-order valence-electron chi connectivity index (χ2n) is 2.89. The van der Waals surface area contributed by atoms with Gasteiger partial charge < -0.3 is 0 Å². The second kappa shape index (κ2) is 4.94. The van der Waals surface area contributed by atoms with E-state index in [-0.39, 0.29) is 17.7 Å². The van der Waals surface area contributed by atoms with E-state index in [9.17, 15) is 18.9 Å². The number of rotatable bonds is 3. The highest BCUT2D eigenvalue weighted by molar-refractivity contribution is 5.47. The van der Waals surface area contributed by atoms with Crippen molar-refractivity contribution in [1.29, 1.82) is 10.5 Å². The summed E-state index contributed by atoms with van der Waals surface area (Å²) in [5.41, 5.74) is -2.38. The molecule has 1 aromatic rings. The topological polar surface area (TPSA) is 104 Å². The maximum Gasteiger partial charge on any atom is 0.298 e. The normalized spacial score (nSPS) is 9.71. The molecule has 0 atom stereocenters. The Bertz CT molecular complexity index is 545. The van der Waals surface area contributed by atoms with E-state index >= 15 is 0 Å². The molecule has 0 unspecified atom stereocenters. The highest BCUT2D eigenvalue weighted by Gasteiger charge is 2.26. The second-order valence-corrected chi connectivity index (χ2v) is 2.89. The van der Waals surface area contributed by atoms with E-state index in [2.05, 4.69) is 4.98 Å². The van der Waals surface area contributed by atoms with Gasteiger partial charge in [0, 0.05) is 6.07 Å². The Kier molecular flexibility index (Phi) is 3.62. The molecule has 0 aromatic carbocycles. The number of nitriles is 2. The number of hydrogen-bond donors (Lipinski definition) is 0. The Labute approximate surface area is 93.9 Å². The first-order valence-corrected chi connectivity index (χ1v) is 4.24. The van der Waals surface area contributed by atoms with Gasteiger partial charge in [0.25, 0.3) is 12.1 Å². The lowest BCUT2D eigenvalue weighted by Crippen LogP contribution is -2.04. The maximum atomic E-state index is 12.5. The molecule has 0 spiro atoms. The smallest absolute Gasteiger partial charge is 0.258 e. The molecule has 0 aliphatic carbocycles. The van der Waals surface area contributed by atoms with E-state index in [0.29, 0.717) is 6.07 Å². The lowest BCUT2D eigenvalue weighted by molar-refractivity contribution is -0.386. The van der Waals surface area contributed by atoms with E-state index in [1.165, 1.54) is 0 Å². The minimum absolute atomic E-state index is 0.184. The monoisotopic (exact) mass is 238 g/mol. The highest BCUT2D eigenvalue weighted by Crippen LogP contribution is 2.28. The van der Waals surface area contributed by atoms with Crippen molar-refractivity contribution in [3.8, 4) is 12.1 Å². The molecule has 1 rings (SSSR count). The molecule has 8 heteroatoms. The van der Waals surface area contributed by atoms with Gasteiger partial charge in [-0.15, -0.1) is 0 Å². The molecule has 0 amide bonds. The van der Waals surface area contributed by atoms with Gasteiger partial charge in [-0.25, -0.2) is 13.8 Å². The SMILES string of the molecule is N#CCc1nc(C(F)F)c([N+](=O)[O-])cc1C#N. The first-order chi connectivity index (χ1) is 8.01. The van der Waals surface area contributed by atoms with Crippen molar-refractivity contribution in [2.75, 3.05) is 0 Å². The average Bonchev–Trinajstić information content (AvgIpc) is 2.28. The molecule has 17 heavy (non-hydrogen) atoms. The van der Waals surface area contributed by atoms with Crippen LogP contribution in [0, 0.1) is 32.8 Å². The lowest BCUT2D eigenvalue weighted by atomic mass is 10.1. The first-order valence-electron chi connectivity index (χ1n) is 4.24. The van der Waals surface area contributed by atoms with Gasteiger partial charge in [0.05, 0.1) is 28.7 Å². The van der Waals surface area contributed by atoms with Crippen LogP contribution in [0.2, 0.25) is 0 Å². The largest absolute Gasteiger partial charge is 0.298 e. The lowest BCUT2D eigenvalue weighted by Gasteiger charge is -2.04. The minimum Gasteiger partial charge on any atom is -0.258 e. The van der Waals surface area contributed by atoms with E-state index in [4.69, 9.17) is 10.5 Å². The number of halogens is 2. The highest BCUT2D eigenvalue weighted by atomic mass is 19.3. The zero-order valence-electron chi connectivity index (χ0n) is 8.22. The van der Waals surface area contributed by atoms with Crippen LogP contribution in [-0.2, 0) is 6.42 Å². The summed E-state index contributed by atoms with van der Waals surface area (Å²) in [7, 11) is 0. The molecular weight excluding hydrogens is 234 g/mol. The van der Waals surface area contributed by atoms with Crippen LogP contribution < -0.4 is 0 Å². The summed E-state index contributed by atoms with van der Waals surface area (Å²) in [5, 5.41) is 27.6. The predicted octanol–water partition coefficient (Wildman–Crippen LogP) is 1.87. The fourth-order valence-electron chi connectivity index (χ4n) is 1.17. The predicted molar refractivity (Wildman–Crippen MR) is 49.9 cm³/mol. The molecule has 0 saturated carbocycles. The number of alkyl halides is 2. The average molecular weight is 238 g/mol. The molecule has 0 radical (unpaired) electrons. The van der Waals surface area contributed by atoms with Crippen LogP contribution in [0.5, 0.6) is 0 Å². The standard InChI is InChI=1S/C9H4F2N4O2/c10-9(11)8-7(15(16)17)3-5(4-13)6(14-8)1-2-12/h3,9H,1H2. The van der Waals surface area contributed by atoms with E-state index < -0.39 is 22.7 Å². The summed E-state index contributed by atoms with van der Waals surface area (Å²) >= 11 is 0. The number of aromatic nitrogens is 1. The van der Waals surface area contributed by atoms with Crippen LogP contribution in [0.25, 0.3) is 0 Å². The number of nitro groups is 1. The van der Waals surface area contributed by atoms with E-state index in [1.807, 2.05) is 0 Å². The molecule has 0 bridgehead atoms. The first kappa shape index (κ1) is 12.5. The van der Waals surface area contributed by atoms with Crippen LogP contribution in [-0.4, -0.2) is 9.91 Å². The van der Waals surface area contributed by atoms with Crippen LogP contribution in [0.3, 0.4) is 0 Å². The Morgan fingerprint density at radius 1 is 1.53 bits per heavy atom. The summed E-state index contributed by atoms with van der Waals surface area (Å²) in [6.07, 6.45) is -3.50. The van der Waals surface area contributed by atoms with Crippen molar-refractivity contribution in [3.05, 3.63) is 33.1 Å². The van der Waals surface area contributed by atoms with Crippen molar-refractivity contribution in [2.45, 2.75) is 12.8 Å². The molecule has 1 heterocycles. The van der Waals surface area contributed by atoms with Gasteiger partial charge in [-0.3, -0.25) is 10.1 Å². The molecule has 1 aromatic heterocycles. The van der Waals surface area contributed by atoms with Crippen molar-refractivity contribution < 1.29 is 13.7 Å². The molecule has 0 saturated heterocycles. The maximum absolute atomic E-state index is 12.5. The van der Waals surface area contributed by atoms with Crippen LogP contribution >= 0.6 is 0 Å². The van der Waals surface area contributed by atoms with Gasteiger partial charge in [0.15, 0.2) is 5.69 Å². The van der Waals surface area contributed by atoms with Crippen molar-refractivity contribution in [3.63, 3.8) is 0 Å². The number of hydrogen-bond acceptors (Lipinski definition) is 5. The molecule has 0 fully saturated rings. The van der Waals surface area contributed by atoms with Gasteiger partial charge in [0.2, 0.25) is 0 Å². The van der Waals surface area contributed by atoms with Gasteiger partial charge in [-0.2, -0.15) is 10.5 Å². The van der Waals surface area contributed by atoms with Gasteiger partial charge in [0.1, 0.15) is 6.07 Å². The minimum atomic E-state index is -3.14. The number of pyridine rings is 1. The third-order valence-electron chi connectivity index (χ3n) is 1.88. The van der Waals surface area contributed by atoms with Gasteiger partial charge in [-0.1, -0.05) is 0 Å². The van der Waals surface area contributed by atoms with Crippen LogP contribution in [0.4, 0.5) is 14.5 Å². The quantitative estimate of drug-likeness (QED) is 0.590. The van der Waals surface area contributed by atoms with Crippen LogP contribution in [0.15, 0.2) is 6.07 Å². The fourth-order valence-corrected chi connectivity index (χ4v) is 1.17. The summed E-state index contributed by atoms with van der Waals surface area (Å²) in [6, 6.07) is 3.93. The van der Waals surface area contributed by atoms with Crippen LogP contribution in [0.1, 0.15) is 23.4 Å². The fraction of sp³-hybridized carbons (Fsp3) is 0.222. The van der Waals surface area contributed by atoms with Crippen molar-refractivity contribution in [1.82, 2.24) is 4.98 Å². The molecular formula is C9H4F2N4O2. The van der Waals surface area contributed by atoms with Crippen molar-refractivity contribution >= 4 is 5.69 Å². The molecule has 0 aliphatic rings. The Morgan fingerprint density at radius 3 is 2.59 bits per heavy atom. The summed E-state index contributed by atoms with van der Waals surface area (Å²) in [5.74, 6) is 0. The molecule has 86 valence electrons. The third-order valence-corrected chi connectivity index (χ3v) is 1.88. The van der Waals surface area contributed by atoms with Gasteiger partial charge in [-0.05, 0) is 0 Å².